The van der Waals surface area contributed by atoms with E-state index in [4.69, 9.17) is 0 Å². The van der Waals surface area contributed by atoms with Crippen molar-refractivity contribution in [1.82, 2.24) is 15.5 Å². The summed E-state index contributed by atoms with van der Waals surface area (Å²) >= 11 is 2.83. The Hall–Kier alpha value is -2.38. The lowest BCUT2D eigenvalue weighted by Crippen LogP contribution is -2.28. The molecule has 0 aliphatic carbocycles. The molecule has 0 bridgehead atoms. The fourth-order valence-electron chi connectivity index (χ4n) is 2.40. The third kappa shape index (κ3) is 5.31. The average molecular weight is 385 g/mol. The topological polar surface area (TPSA) is 66.9 Å². The van der Waals surface area contributed by atoms with E-state index in [9.17, 15) is 4.79 Å². The Kier molecular flexibility index (Phi) is 6.25. The van der Waals surface area contributed by atoms with Crippen LogP contribution in [0.4, 0.5) is 10.8 Å². The molecule has 26 heavy (non-hydrogen) atoms. The number of benzene rings is 2. The molecule has 0 saturated carbocycles. The largest absolute Gasteiger partial charge is 0.349 e. The minimum absolute atomic E-state index is 0.0164. The van der Waals surface area contributed by atoms with Gasteiger partial charge < -0.3 is 10.6 Å². The van der Waals surface area contributed by atoms with Crippen molar-refractivity contribution in [3.05, 3.63) is 65.7 Å². The van der Waals surface area contributed by atoms with Crippen molar-refractivity contribution < 1.29 is 4.79 Å². The molecule has 0 spiro atoms. The number of aromatic nitrogens is 2. The number of carbonyl (C=O) groups excluding carboxylic acids is 1. The molecule has 3 rings (SSSR count). The van der Waals surface area contributed by atoms with Crippen LogP contribution in [-0.2, 0) is 4.79 Å². The lowest BCUT2D eigenvalue weighted by molar-refractivity contribution is -0.119. The van der Waals surface area contributed by atoms with Gasteiger partial charge in [-0.2, -0.15) is 0 Å². The number of amides is 1. The molecule has 0 unspecified atom stereocenters. The van der Waals surface area contributed by atoms with E-state index in [1.165, 1.54) is 28.7 Å². The van der Waals surface area contributed by atoms with Gasteiger partial charge in [-0.05, 0) is 37.1 Å². The zero-order chi connectivity index (χ0) is 18.4. The minimum Gasteiger partial charge on any atom is -0.349 e. The summed E-state index contributed by atoms with van der Waals surface area (Å²) in [5.74, 6) is 0.297. The average Bonchev–Trinajstić information content (AvgIpc) is 3.08. The Morgan fingerprint density at radius 3 is 2.73 bits per heavy atom. The lowest BCUT2D eigenvalue weighted by Gasteiger charge is -2.13. The maximum Gasteiger partial charge on any atom is 0.230 e. The number of hydrogen-bond donors (Lipinski definition) is 2. The molecule has 1 amide bonds. The van der Waals surface area contributed by atoms with E-state index < -0.39 is 0 Å². The molecule has 2 aromatic carbocycles. The highest BCUT2D eigenvalue weighted by Gasteiger charge is 2.12. The molecule has 134 valence electrons. The Morgan fingerprint density at radius 2 is 1.96 bits per heavy atom. The molecule has 0 radical (unpaired) electrons. The van der Waals surface area contributed by atoms with Gasteiger partial charge in [0, 0.05) is 5.69 Å². The van der Waals surface area contributed by atoms with Gasteiger partial charge in [0.1, 0.15) is 0 Å². The van der Waals surface area contributed by atoms with Crippen molar-refractivity contribution in [3.63, 3.8) is 0 Å². The summed E-state index contributed by atoms with van der Waals surface area (Å²) in [6, 6.07) is 18.0. The van der Waals surface area contributed by atoms with Crippen molar-refractivity contribution in [2.45, 2.75) is 24.2 Å². The van der Waals surface area contributed by atoms with Gasteiger partial charge >= 0.3 is 0 Å². The molecule has 0 saturated heterocycles. The number of anilines is 2. The van der Waals surface area contributed by atoms with Crippen LogP contribution >= 0.6 is 23.1 Å². The Balaban J connectivity index is 1.49. The second-order valence-corrected chi connectivity index (χ2v) is 8.06. The first-order valence-corrected chi connectivity index (χ1v) is 10.0. The number of nitrogens with zero attached hydrogens (tertiary/aromatic N) is 2. The number of nitrogens with one attached hydrogen (secondary N) is 2. The van der Waals surface area contributed by atoms with Crippen molar-refractivity contribution in [2.75, 3.05) is 11.1 Å². The van der Waals surface area contributed by atoms with Gasteiger partial charge in [0.2, 0.25) is 11.0 Å². The molecule has 0 fully saturated rings. The van der Waals surface area contributed by atoms with Crippen LogP contribution in [0.25, 0.3) is 0 Å². The van der Waals surface area contributed by atoms with Gasteiger partial charge in [-0.1, -0.05) is 65.6 Å². The molecule has 1 aromatic heterocycles. The Bertz CT molecular complexity index is 867. The van der Waals surface area contributed by atoms with E-state index in [2.05, 4.69) is 20.8 Å². The van der Waals surface area contributed by atoms with E-state index >= 15 is 0 Å². The van der Waals surface area contributed by atoms with Gasteiger partial charge in [-0.15, -0.1) is 10.2 Å². The molecule has 1 atom stereocenters. The monoisotopic (exact) mass is 384 g/mol. The normalized spacial score (nSPS) is 11.8. The third-order valence-electron chi connectivity index (χ3n) is 3.68. The number of thioether (sulfide) groups is 1. The predicted octanol–water partition coefficient (Wildman–Crippen LogP) is 4.56. The van der Waals surface area contributed by atoms with Crippen molar-refractivity contribution in [1.29, 1.82) is 0 Å². The quantitative estimate of drug-likeness (QED) is 0.585. The Labute approximate surface area is 161 Å². The maximum absolute atomic E-state index is 12.1. The summed E-state index contributed by atoms with van der Waals surface area (Å²) in [6.45, 7) is 4.02. The third-order valence-corrected chi connectivity index (χ3v) is 5.65. The van der Waals surface area contributed by atoms with E-state index in [0.29, 0.717) is 5.75 Å². The first-order valence-electron chi connectivity index (χ1n) is 8.24. The number of rotatable bonds is 7. The van der Waals surface area contributed by atoms with Crippen LogP contribution in [0.3, 0.4) is 0 Å². The summed E-state index contributed by atoms with van der Waals surface area (Å²) < 4.78 is 0.766. The highest BCUT2D eigenvalue weighted by Crippen LogP contribution is 2.27. The fraction of sp³-hybridized carbons (Fsp3) is 0.211. The highest BCUT2D eigenvalue weighted by molar-refractivity contribution is 8.01. The zero-order valence-corrected chi connectivity index (χ0v) is 16.2. The summed E-state index contributed by atoms with van der Waals surface area (Å²) in [5, 5.41) is 15.2. The Morgan fingerprint density at radius 1 is 1.15 bits per heavy atom. The molecule has 7 heteroatoms. The van der Waals surface area contributed by atoms with Gasteiger partial charge in [-0.3, -0.25) is 4.79 Å². The smallest absolute Gasteiger partial charge is 0.230 e. The molecule has 0 aliphatic heterocycles. The number of carbonyl (C=O) groups is 1. The highest BCUT2D eigenvalue weighted by atomic mass is 32.2. The van der Waals surface area contributed by atoms with E-state index in [1.807, 2.05) is 68.4 Å². The SMILES string of the molecule is Cc1cccc(Nc2nnc(SCC(=O)N[C@H](C)c3ccccc3)s2)c1. The molecule has 3 aromatic rings. The molecule has 1 heterocycles. The second-order valence-electron chi connectivity index (χ2n) is 5.86. The number of aryl methyl sites for hydroxylation is 1. The molecular weight excluding hydrogens is 364 g/mol. The molecule has 0 aliphatic rings. The summed E-state index contributed by atoms with van der Waals surface area (Å²) in [5.41, 5.74) is 3.25. The summed E-state index contributed by atoms with van der Waals surface area (Å²) in [7, 11) is 0. The first-order chi connectivity index (χ1) is 12.6. The van der Waals surface area contributed by atoms with Crippen molar-refractivity contribution >= 4 is 39.8 Å². The van der Waals surface area contributed by atoms with Crippen LogP contribution < -0.4 is 10.6 Å². The second kappa shape index (κ2) is 8.82. The van der Waals surface area contributed by atoms with Crippen molar-refractivity contribution in [3.8, 4) is 0 Å². The van der Waals surface area contributed by atoms with Gasteiger partial charge in [0.15, 0.2) is 4.34 Å². The van der Waals surface area contributed by atoms with E-state index in [0.717, 1.165) is 20.7 Å². The molecule has 5 nitrogen and oxygen atoms in total. The molecule has 2 N–H and O–H groups in total. The van der Waals surface area contributed by atoms with Crippen LogP contribution in [0.2, 0.25) is 0 Å². The lowest BCUT2D eigenvalue weighted by atomic mass is 10.1. The van der Waals surface area contributed by atoms with Crippen LogP contribution in [0.15, 0.2) is 58.9 Å². The predicted molar refractivity (Wildman–Crippen MR) is 108 cm³/mol. The summed E-state index contributed by atoms with van der Waals surface area (Å²) in [6.07, 6.45) is 0. The summed E-state index contributed by atoms with van der Waals surface area (Å²) in [4.78, 5) is 12.1. The van der Waals surface area contributed by atoms with E-state index in [-0.39, 0.29) is 11.9 Å². The van der Waals surface area contributed by atoms with Gasteiger partial charge in [-0.25, -0.2) is 0 Å². The first kappa shape index (κ1) is 18.4. The van der Waals surface area contributed by atoms with Gasteiger partial charge in [0.05, 0.1) is 11.8 Å². The van der Waals surface area contributed by atoms with Crippen LogP contribution in [0, 0.1) is 6.92 Å². The van der Waals surface area contributed by atoms with E-state index in [1.54, 1.807) is 0 Å². The minimum atomic E-state index is -0.0188. The fourth-order valence-corrected chi connectivity index (χ4v) is 3.98. The zero-order valence-electron chi connectivity index (χ0n) is 14.6. The molecular formula is C19H20N4OS2. The van der Waals surface area contributed by atoms with Crippen LogP contribution in [-0.4, -0.2) is 21.9 Å². The van der Waals surface area contributed by atoms with Crippen LogP contribution in [0.5, 0.6) is 0 Å². The van der Waals surface area contributed by atoms with Crippen LogP contribution in [0.1, 0.15) is 24.1 Å². The standard InChI is InChI=1S/C19H20N4OS2/c1-13-7-6-10-16(11-13)21-18-22-23-19(26-18)25-12-17(24)20-14(2)15-8-4-3-5-9-15/h3-11,14H,12H2,1-2H3,(H,20,24)(H,21,22)/t14-/m1/s1. The van der Waals surface area contributed by atoms with Crippen molar-refractivity contribution in [2.24, 2.45) is 0 Å². The van der Waals surface area contributed by atoms with Gasteiger partial charge in [0.25, 0.3) is 0 Å². The number of hydrogen-bond acceptors (Lipinski definition) is 6. The maximum atomic E-state index is 12.1.